The van der Waals surface area contributed by atoms with Crippen molar-refractivity contribution in [3.63, 3.8) is 0 Å². The summed E-state index contributed by atoms with van der Waals surface area (Å²) >= 11 is 0. The molecule has 0 N–H and O–H groups in total. The molecule has 0 spiro atoms. The highest BCUT2D eigenvalue weighted by Gasteiger charge is 2.33. The highest BCUT2D eigenvalue weighted by atomic mass is 16.2. The van der Waals surface area contributed by atoms with Crippen LogP contribution in [0.25, 0.3) is 22.2 Å². The molecule has 0 unspecified atom stereocenters. The molecule has 1 aliphatic rings. The second-order valence-electron chi connectivity index (χ2n) is 7.54. The van der Waals surface area contributed by atoms with E-state index in [0.717, 1.165) is 34.3 Å². The predicted molar refractivity (Wildman–Crippen MR) is 114 cm³/mol. The number of aryl methyl sites for hydroxylation is 1. The van der Waals surface area contributed by atoms with Crippen molar-refractivity contribution in [1.82, 2.24) is 19.7 Å². The fraction of sp³-hybridized carbons (Fsp3) is 0.208. The summed E-state index contributed by atoms with van der Waals surface area (Å²) in [5.74, 6) is 0.0424. The molecule has 0 fully saturated rings. The molecule has 0 saturated heterocycles. The number of aromatic nitrogens is 3. The molecule has 0 bridgehead atoms. The average Bonchev–Trinajstić information content (AvgIpc) is 3.10. The SMILES string of the molecule is C[C@@H]1c2nn(C)c(-c3ccccc3)c2CCN1C(=O)c1ccc2ncccc2c1. The van der Waals surface area contributed by atoms with E-state index in [9.17, 15) is 4.79 Å². The summed E-state index contributed by atoms with van der Waals surface area (Å²) < 4.78 is 1.95. The van der Waals surface area contributed by atoms with Crippen LogP contribution in [0.4, 0.5) is 0 Å². The smallest absolute Gasteiger partial charge is 0.254 e. The Bertz CT molecular complexity index is 1210. The third-order valence-electron chi connectivity index (χ3n) is 5.80. The Morgan fingerprint density at radius 1 is 1.07 bits per heavy atom. The molecule has 5 heteroatoms. The first kappa shape index (κ1) is 17.6. The van der Waals surface area contributed by atoms with Crippen LogP contribution in [0, 0.1) is 0 Å². The zero-order valence-electron chi connectivity index (χ0n) is 16.5. The van der Waals surface area contributed by atoms with Gasteiger partial charge in [0.05, 0.1) is 22.9 Å². The van der Waals surface area contributed by atoms with Crippen LogP contribution in [0.5, 0.6) is 0 Å². The first-order valence-electron chi connectivity index (χ1n) is 9.90. The van der Waals surface area contributed by atoms with Gasteiger partial charge in [-0.3, -0.25) is 14.5 Å². The van der Waals surface area contributed by atoms with E-state index < -0.39 is 0 Å². The molecule has 0 saturated carbocycles. The second-order valence-corrected chi connectivity index (χ2v) is 7.54. The summed E-state index contributed by atoms with van der Waals surface area (Å²) in [7, 11) is 1.98. The van der Waals surface area contributed by atoms with E-state index in [4.69, 9.17) is 5.10 Å². The minimum Gasteiger partial charge on any atom is -0.330 e. The van der Waals surface area contributed by atoms with Crippen LogP contribution in [0.1, 0.15) is 34.6 Å². The molecular weight excluding hydrogens is 360 g/mol. The van der Waals surface area contributed by atoms with Gasteiger partial charge in [0, 0.05) is 41.9 Å². The third-order valence-corrected chi connectivity index (χ3v) is 5.80. The molecule has 0 radical (unpaired) electrons. The van der Waals surface area contributed by atoms with Gasteiger partial charge in [-0.15, -0.1) is 0 Å². The summed E-state index contributed by atoms with van der Waals surface area (Å²) in [6.07, 6.45) is 2.57. The number of hydrogen-bond acceptors (Lipinski definition) is 3. The van der Waals surface area contributed by atoms with Crippen LogP contribution >= 0.6 is 0 Å². The van der Waals surface area contributed by atoms with Crippen molar-refractivity contribution < 1.29 is 4.79 Å². The number of rotatable bonds is 2. The average molecular weight is 382 g/mol. The number of carbonyl (C=O) groups is 1. The quantitative estimate of drug-likeness (QED) is 0.516. The van der Waals surface area contributed by atoms with Gasteiger partial charge in [-0.05, 0) is 37.6 Å². The lowest BCUT2D eigenvalue weighted by molar-refractivity contribution is 0.0674. The van der Waals surface area contributed by atoms with E-state index in [1.165, 1.54) is 5.56 Å². The molecule has 3 heterocycles. The minimum absolute atomic E-state index is 0.0424. The van der Waals surface area contributed by atoms with Crippen LogP contribution in [0.15, 0.2) is 66.9 Å². The zero-order chi connectivity index (χ0) is 20.0. The topological polar surface area (TPSA) is 51.0 Å². The third kappa shape index (κ3) is 2.90. The van der Waals surface area contributed by atoms with Crippen molar-refractivity contribution in [3.8, 4) is 11.3 Å². The molecule has 5 rings (SSSR count). The lowest BCUT2D eigenvalue weighted by atomic mass is 9.95. The fourth-order valence-corrected chi connectivity index (χ4v) is 4.35. The van der Waals surface area contributed by atoms with E-state index >= 15 is 0 Å². The van der Waals surface area contributed by atoms with Gasteiger partial charge in [-0.2, -0.15) is 5.10 Å². The monoisotopic (exact) mass is 382 g/mol. The maximum absolute atomic E-state index is 13.3. The molecule has 4 aromatic rings. The minimum atomic E-state index is -0.0699. The number of amides is 1. The Morgan fingerprint density at radius 2 is 1.90 bits per heavy atom. The lowest BCUT2D eigenvalue weighted by Gasteiger charge is -2.33. The van der Waals surface area contributed by atoms with Crippen LogP contribution in [0.2, 0.25) is 0 Å². The molecule has 1 amide bonds. The van der Waals surface area contributed by atoms with Crippen molar-refractivity contribution in [2.75, 3.05) is 6.54 Å². The number of carbonyl (C=O) groups excluding carboxylic acids is 1. The molecule has 1 aliphatic heterocycles. The number of hydrogen-bond donors (Lipinski definition) is 0. The van der Waals surface area contributed by atoms with Gasteiger partial charge in [-0.1, -0.05) is 36.4 Å². The van der Waals surface area contributed by atoms with E-state index in [0.29, 0.717) is 12.1 Å². The first-order chi connectivity index (χ1) is 14.1. The Kier molecular flexibility index (Phi) is 4.16. The van der Waals surface area contributed by atoms with Gasteiger partial charge in [0.15, 0.2) is 0 Å². The van der Waals surface area contributed by atoms with Crippen LogP contribution in [-0.4, -0.2) is 32.1 Å². The summed E-state index contributed by atoms with van der Waals surface area (Å²) in [4.78, 5) is 19.6. The van der Waals surface area contributed by atoms with Crippen LogP contribution in [-0.2, 0) is 13.5 Å². The van der Waals surface area contributed by atoms with Gasteiger partial charge in [0.25, 0.3) is 5.91 Å². The predicted octanol–water partition coefficient (Wildman–Crippen LogP) is 4.39. The van der Waals surface area contributed by atoms with E-state index in [2.05, 4.69) is 24.0 Å². The molecule has 2 aromatic carbocycles. The van der Waals surface area contributed by atoms with Crippen molar-refractivity contribution >= 4 is 16.8 Å². The summed E-state index contributed by atoms with van der Waals surface area (Å²) in [5, 5.41) is 5.78. The van der Waals surface area contributed by atoms with E-state index in [-0.39, 0.29) is 11.9 Å². The number of fused-ring (bicyclic) bond motifs is 2. The largest absolute Gasteiger partial charge is 0.330 e. The molecule has 5 nitrogen and oxygen atoms in total. The Morgan fingerprint density at radius 3 is 2.72 bits per heavy atom. The highest BCUT2D eigenvalue weighted by molar-refractivity contribution is 5.98. The lowest BCUT2D eigenvalue weighted by Crippen LogP contribution is -2.38. The Balaban J connectivity index is 1.49. The van der Waals surface area contributed by atoms with Crippen LogP contribution in [0.3, 0.4) is 0 Å². The molecule has 1 atom stereocenters. The van der Waals surface area contributed by atoms with Crippen molar-refractivity contribution in [1.29, 1.82) is 0 Å². The molecule has 29 heavy (non-hydrogen) atoms. The number of pyridine rings is 1. The summed E-state index contributed by atoms with van der Waals surface area (Å²) in [6.45, 7) is 2.75. The number of nitrogens with zero attached hydrogens (tertiary/aromatic N) is 4. The molecule has 2 aromatic heterocycles. The zero-order valence-corrected chi connectivity index (χ0v) is 16.5. The van der Waals surface area contributed by atoms with E-state index in [1.54, 1.807) is 6.20 Å². The van der Waals surface area contributed by atoms with Crippen molar-refractivity contribution in [2.45, 2.75) is 19.4 Å². The Labute approximate surface area is 169 Å². The van der Waals surface area contributed by atoms with Gasteiger partial charge in [0.2, 0.25) is 0 Å². The number of benzene rings is 2. The maximum atomic E-state index is 13.3. The van der Waals surface area contributed by atoms with Crippen molar-refractivity contribution in [3.05, 3.63) is 83.7 Å². The van der Waals surface area contributed by atoms with Gasteiger partial charge in [-0.25, -0.2) is 0 Å². The summed E-state index contributed by atoms with van der Waals surface area (Å²) in [5.41, 5.74) is 6.15. The van der Waals surface area contributed by atoms with Gasteiger partial charge < -0.3 is 4.90 Å². The van der Waals surface area contributed by atoms with E-state index in [1.807, 2.05) is 65.2 Å². The fourth-order valence-electron chi connectivity index (χ4n) is 4.35. The summed E-state index contributed by atoms with van der Waals surface area (Å²) in [6, 6.07) is 19.9. The second kappa shape index (κ2) is 6.85. The normalized spacial score (nSPS) is 16.1. The maximum Gasteiger partial charge on any atom is 0.254 e. The highest BCUT2D eigenvalue weighted by Crippen LogP contribution is 2.36. The standard InChI is InChI=1S/C24H22N4O/c1-16-22-20(23(27(2)26-22)17-7-4-3-5-8-17)12-14-28(16)24(29)19-10-11-21-18(15-19)9-6-13-25-21/h3-11,13,15-16H,12,14H2,1-2H3/t16-/m1/s1. The molecule has 0 aliphatic carbocycles. The first-order valence-corrected chi connectivity index (χ1v) is 9.90. The van der Waals surface area contributed by atoms with Crippen molar-refractivity contribution in [2.24, 2.45) is 7.05 Å². The van der Waals surface area contributed by atoms with Crippen LogP contribution < -0.4 is 0 Å². The molecular formula is C24H22N4O. The van der Waals surface area contributed by atoms with Gasteiger partial charge in [0.1, 0.15) is 0 Å². The molecule has 144 valence electrons. The Hall–Kier alpha value is -3.47. The van der Waals surface area contributed by atoms with Gasteiger partial charge >= 0.3 is 0 Å².